The van der Waals surface area contributed by atoms with Crippen LogP contribution in [0.15, 0.2) is 77.6 Å². The lowest BCUT2D eigenvalue weighted by atomic mass is 10.1. The van der Waals surface area contributed by atoms with Crippen LogP contribution in [0.2, 0.25) is 0 Å². The summed E-state index contributed by atoms with van der Waals surface area (Å²) in [6, 6.07) is 1.99. The molecule has 0 unspecified atom stereocenters. The molecule has 1 aliphatic rings. The Kier molecular flexibility index (Phi) is 8.41. The number of nitrogens with zero attached hydrogens (tertiary/aromatic N) is 2. The third kappa shape index (κ3) is 6.08. The van der Waals surface area contributed by atoms with Crippen LogP contribution in [0.1, 0.15) is 53.7 Å². The van der Waals surface area contributed by atoms with E-state index in [1.165, 1.54) is 11.9 Å². The van der Waals surface area contributed by atoms with E-state index < -0.39 is 0 Å². The van der Waals surface area contributed by atoms with Crippen molar-refractivity contribution in [2.75, 3.05) is 0 Å². The van der Waals surface area contributed by atoms with Gasteiger partial charge in [-0.1, -0.05) is 43.7 Å². The zero-order valence-corrected chi connectivity index (χ0v) is 18.7. The Balaban J connectivity index is 0.00000155. The fourth-order valence-corrected chi connectivity index (χ4v) is 2.97. The summed E-state index contributed by atoms with van der Waals surface area (Å²) in [5, 5.41) is 10.5. The van der Waals surface area contributed by atoms with Crippen molar-refractivity contribution in [3.8, 4) is 5.88 Å². The number of allylic oxidation sites excluding steroid dienone is 11. The monoisotopic (exact) mass is 405 g/mol. The number of aromatic nitrogens is 3. The van der Waals surface area contributed by atoms with Crippen LogP contribution in [-0.4, -0.2) is 20.1 Å². The van der Waals surface area contributed by atoms with Crippen LogP contribution in [-0.2, 0) is 0 Å². The Morgan fingerprint density at radius 3 is 2.60 bits per heavy atom. The Bertz CT molecular complexity index is 1060. The van der Waals surface area contributed by atoms with Gasteiger partial charge in [0.25, 0.3) is 0 Å². The van der Waals surface area contributed by atoms with Crippen molar-refractivity contribution < 1.29 is 9.84 Å². The van der Waals surface area contributed by atoms with Crippen LogP contribution >= 0.6 is 0 Å². The van der Waals surface area contributed by atoms with Crippen molar-refractivity contribution in [3.63, 3.8) is 0 Å². The third-order valence-electron chi connectivity index (χ3n) is 4.42. The van der Waals surface area contributed by atoms with Gasteiger partial charge in [0, 0.05) is 5.69 Å². The molecule has 158 valence electrons. The first-order valence-electron chi connectivity index (χ1n) is 10.2. The van der Waals surface area contributed by atoms with E-state index in [0.29, 0.717) is 17.9 Å². The molecule has 2 aromatic rings. The molecule has 5 heteroatoms. The molecule has 2 heterocycles. The molecular weight excluding hydrogens is 374 g/mol. The largest absolute Gasteiger partial charge is 0.508 e. The molecule has 0 radical (unpaired) electrons. The summed E-state index contributed by atoms with van der Waals surface area (Å²) < 4.78 is 6.00. The molecule has 30 heavy (non-hydrogen) atoms. The van der Waals surface area contributed by atoms with E-state index in [1.54, 1.807) is 12.2 Å². The number of nitrogens with one attached hydrogen (secondary N) is 1. The fourth-order valence-electron chi connectivity index (χ4n) is 2.97. The van der Waals surface area contributed by atoms with Gasteiger partial charge in [0.1, 0.15) is 23.5 Å². The first-order chi connectivity index (χ1) is 14.5. The highest BCUT2D eigenvalue weighted by molar-refractivity contribution is 5.86. The molecule has 0 aromatic carbocycles. The topological polar surface area (TPSA) is 71.0 Å². The van der Waals surface area contributed by atoms with Crippen LogP contribution < -0.4 is 4.74 Å². The van der Waals surface area contributed by atoms with Crippen molar-refractivity contribution in [1.82, 2.24) is 15.0 Å². The van der Waals surface area contributed by atoms with Gasteiger partial charge in [-0.15, -0.1) is 0 Å². The number of aliphatic hydroxyl groups excluding tert-OH is 1. The van der Waals surface area contributed by atoms with Gasteiger partial charge in [0.15, 0.2) is 0 Å². The predicted octanol–water partition coefficient (Wildman–Crippen LogP) is 6.96. The van der Waals surface area contributed by atoms with Crippen molar-refractivity contribution in [1.29, 1.82) is 0 Å². The van der Waals surface area contributed by atoms with Gasteiger partial charge < -0.3 is 14.8 Å². The summed E-state index contributed by atoms with van der Waals surface area (Å²) in [6.07, 6.45) is 15.6. The number of rotatable bonds is 5. The third-order valence-corrected chi connectivity index (χ3v) is 4.42. The molecular formula is C25H31N3O2. The quantitative estimate of drug-likeness (QED) is 0.416. The first-order valence-corrected chi connectivity index (χ1v) is 10.2. The molecule has 0 saturated carbocycles. The van der Waals surface area contributed by atoms with E-state index in [4.69, 9.17) is 4.74 Å². The average molecular weight is 406 g/mol. The molecule has 0 atom stereocenters. The van der Waals surface area contributed by atoms with Gasteiger partial charge in [-0.2, -0.15) is 0 Å². The summed E-state index contributed by atoms with van der Waals surface area (Å²) in [5.74, 6) is 1.51. The van der Waals surface area contributed by atoms with E-state index in [9.17, 15) is 5.11 Å². The van der Waals surface area contributed by atoms with E-state index in [-0.39, 0.29) is 5.76 Å². The van der Waals surface area contributed by atoms with Gasteiger partial charge >= 0.3 is 0 Å². The summed E-state index contributed by atoms with van der Waals surface area (Å²) in [7, 11) is 0. The summed E-state index contributed by atoms with van der Waals surface area (Å²) in [6.45, 7) is 12.0. The summed E-state index contributed by atoms with van der Waals surface area (Å²) >= 11 is 0. The Morgan fingerprint density at radius 1 is 1.10 bits per heavy atom. The summed E-state index contributed by atoms with van der Waals surface area (Å²) in [4.78, 5) is 11.9. The Labute approximate surface area is 178 Å². The number of fused-ring (bicyclic) bond motifs is 1. The number of hydrogen-bond acceptors (Lipinski definition) is 4. The fraction of sp³-hybridized carbons (Fsp3) is 0.280. The number of hydrogen-bond donors (Lipinski definition) is 2. The second-order valence-electron chi connectivity index (χ2n) is 6.79. The lowest BCUT2D eigenvalue weighted by Gasteiger charge is -2.06. The SMILES string of the molecule is CC.C\C=C(C)/C=C(C)\C=C(/C)Oc1ncnc2[nH]c(C3=CC=C(O)C=CC3)cc12. The van der Waals surface area contributed by atoms with E-state index >= 15 is 0 Å². The number of ether oxygens (including phenoxy) is 1. The van der Waals surface area contributed by atoms with Crippen molar-refractivity contribution >= 4 is 16.6 Å². The van der Waals surface area contributed by atoms with Gasteiger partial charge in [-0.3, -0.25) is 0 Å². The highest BCUT2D eigenvalue weighted by Crippen LogP contribution is 2.29. The van der Waals surface area contributed by atoms with Crippen LogP contribution in [0.5, 0.6) is 5.88 Å². The summed E-state index contributed by atoms with van der Waals surface area (Å²) in [5.41, 5.74) is 5.00. The smallest absolute Gasteiger partial charge is 0.231 e. The molecule has 0 fully saturated rings. The molecule has 2 N–H and O–H groups in total. The van der Waals surface area contributed by atoms with E-state index in [2.05, 4.69) is 34.0 Å². The van der Waals surface area contributed by atoms with Gasteiger partial charge in [0.2, 0.25) is 5.88 Å². The molecule has 5 nitrogen and oxygen atoms in total. The second kappa shape index (κ2) is 11.0. The maximum absolute atomic E-state index is 9.64. The molecule has 0 saturated heterocycles. The Hall–Kier alpha value is -3.34. The molecule has 1 aliphatic carbocycles. The lowest BCUT2D eigenvalue weighted by molar-refractivity contribution is 0.415. The number of H-pyrrole nitrogens is 1. The second-order valence-corrected chi connectivity index (χ2v) is 6.79. The predicted molar refractivity (Wildman–Crippen MR) is 125 cm³/mol. The minimum Gasteiger partial charge on any atom is -0.508 e. The first kappa shape index (κ1) is 22.9. The van der Waals surface area contributed by atoms with Crippen LogP contribution in [0.25, 0.3) is 16.6 Å². The highest BCUT2D eigenvalue weighted by Gasteiger charge is 2.12. The standard InChI is InChI=1S/C23H25N3O2.C2H6/c1-5-15(2)11-16(3)12-17(4)28-23-20-13-21(26-22(20)24-14-25-23)18-7-6-8-19(27)10-9-18;1-2/h5-6,8-14,27H,7H2,1-4H3,(H,24,25,26);1-2H3/b15-5-,16-11-,17-12+;. The highest BCUT2D eigenvalue weighted by atomic mass is 16.5. The molecule has 2 aromatic heterocycles. The molecule has 3 rings (SSSR count). The molecule has 0 spiro atoms. The van der Waals surface area contributed by atoms with Gasteiger partial charge in [-0.05, 0) is 69.6 Å². The molecule has 0 aliphatic heterocycles. The van der Waals surface area contributed by atoms with E-state index in [0.717, 1.165) is 28.0 Å². The van der Waals surface area contributed by atoms with E-state index in [1.807, 2.05) is 58.9 Å². The number of aromatic amines is 1. The van der Waals surface area contributed by atoms with Crippen LogP contribution in [0.4, 0.5) is 0 Å². The lowest BCUT2D eigenvalue weighted by Crippen LogP contribution is -1.95. The average Bonchev–Trinajstić information content (AvgIpc) is 3.05. The number of aliphatic hydroxyl groups is 1. The zero-order valence-electron chi connectivity index (χ0n) is 18.7. The maximum Gasteiger partial charge on any atom is 0.231 e. The zero-order chi connectivity index (χ0) is 22.1. The van der Waals surface area contributed by atoms with Crippen LogP contribution in [0, 0.1) is 0 Å². The van der Waals surface area contributed by atoms with Gasteiger partial charge in [0.05, 0.1) is 5.39 Å². The minimum atomic E-state index is 0.243. The van der Waals surface area contributed by atoms with Crippen molar-refractivity contribution in [2.45, 2.75) is 48.0 Å². The van der Waals surface area contributed by atoms with Crippen molar-refractivity contribution in [2.24, 2.45) is 0 Å². The van der Waals surface area contributed by atoms with Gasteiger partial charge in [-0.25, -0.2) is 9.97 Å². The Morgan fingerprint density at radius 2 is 1.87 bits per heavy atom. The molecule has 0 amide bonds. The maximum atomic E-state index is 9.64. The normalized spacial score (nSPS) is 15.2. The minimum absolute atomic E-state index is 0.243. The van der Waals surface area contributed by atoms with Crippen LogP contribution in [0.3, 0.4) is 0 Å². The van der Waals surface area contributed by atoms with Crippen molar-refractivity contribution in [3.05, 3.63) is 83.3 Å². The molecule has 0 bridgehead atoms.